The van der Waals surface area contributed by atoms with Crippen molar-refractivity contribution in [3.8, 4) is 11.6 Å². The second-order valence-corrected chi connectivity index (χ2v) is 6.00. The molecule has 24 heavy (non-hydrogen) atoms. The van der Waals surface area contributed by atoms with Crippen LogP contribution in [0.25, 0.3) is 11.6 Å². The second kappa shape index (κ2) is 6.27. The third kappa shape index (κ3) is 3.19. The number of carbonyl (C=O) groups is 1. The molecule has 0 aliphatic carbocycles. The van der Waals surface area contributed by atoms with Gasteiger partial charge in [-0.3, -0.25) is 14.8 Å². The molecule has 0 unspecified atom stereocenters. The van der Waals surface area contributed by atoms with Gasteiger partial charge < -0.3 is 4.42 Å². The summed E-state index contributed by atoms with van der Waals surface area (Å²) in [6.07, 6.45) is 1.67. The Bertz CT molecular complexity index is 858. The molecule has 1 aromatic carbocycles. The fourth-order valence-corrected chi connectivity index (χ4v) is 2.55. The van der Waals surface area contributed by atoms with E-state index in [0.29, 0.717) is 17.1 Å². The smallest absolute Gasteiger partial charge is 0.322 e. The van der Waals surface area contributed by atoms with Crippen LogP contribution in [0.15, 0.2) is 34.9 Å². The molecule has 0 bridgehead atoms. The molecule has 124 valence electrons. The van der Waals surface area contributed by atoms with E-state index in [-0.39, 0.29) is 18.0 Å². The normalized spacial score (nSPS) is 11.0. The predicted octanol–water partition coefficient (Wildman–Crippen LogP) is 3.38. The van der Waals surface area contributed by atoms with Crippen LogP contribution < -0.4 is 5.32 Å². The molecule has 3 aromatic rings. The summed E-state index contributed by atoms with van der Waals surface area (Å²) in [5, 5.41) is 14.8. The standard InChI is InChI=1S/C17H19N5O2/c1-10(2)22-14(5-6-18-22)16-20-21-17(24-16)19-15(23)13-8-11(3)7-12(4)9-13/h5-10H,1-4H3,(H,19,21,23). The third-order valence-corrected chi connectivity index (χ3v) is 3.51. The van der Waals surface area contributed by atoms with E-state index in [1.807, 2.05) is 45.9 Å². The fraction of sp³-hybridized carbons (Fsp3) is 0.294. The minimum absolute atomic E-state index is 0.0608. The molecule has 0 fully saturated rings. The number of anilines is 1. The Morgan fingerprint density at radius 2 is 1.88 bits per heavy atom. The van der Waals surface area contributed by atoms with Gasteiger partial charge in [-0.15, -0.1) is 5.10 Å². The van der Waals surface area contributed by atoms with Crippen LogP contribution in [-0.4, -0.2) is 25.9 Å². The molecule has 7 heteroatoms. The van der Waals surface area contributed by atoms with Crippen molar-refractivity contribution < 1.29 is 9.21 Å². The second-order valence-electron chi connectivity index (χ2n) is 6.00. The van der Waals surface area contributed by atoms with Crippen LogP contribution in [0.3, 0.4) is 0 Å². The van der Waals surface area contributed by atoms with Gasteiger partial charge in [-0.05, 0) is 45.9 Å². The maximum absolute atomic E-state index is 12.3. The molecule has 0 aliphatic rings. The molecule has 3 rings (SSSR count). The highest BCUT2D eigenvalue weighted by atomic mass is 16.4. The zero-order chi connectivity index (χ0) is 17.3. The minimum atomic E-state index is -0.283. The zero-order valence-electron chi connectivity index (χ0n) is 14.1. The number of nitrogens with one attached hydrogen (secondary N) is 1. The van der Waals surface area contributed by atoms with Crippen LogP contribution in [0.1, 0.15) is 41.4 Å². The van der Waals surface area contributed by atoms with E-state index < -0.39 is 0 Å². The van der Waals surface area contributed by atoms with Crippen LogP contribution in [0.5, 0.6) is 0 Å². The van der Waals surface area contributed by atoms with Crippen molar-refractivity contribution in [3.63, 3.8) is 0 Å². The van der Waals surface area contributed by atoms with Gasteiger partial charge in [0.05, 0.1) is 0 Å². The summed E-state index contributed by atoms with van der Waals surface area (Å²) in [7, 11) is 0. The SMILES string of the molecule is Cc1cc(C)cc(C(=O)Nc2nnc(-c3ccnn3C(C)C)o2)c1. The predicted molar refractivity (Wildman–Crippen MR) is 89.8 cm³/mol. The summed E-state index contributed by atoms with van der Waals surface area (Å²) in [5.74, 6) is 0.0336. The zero-order valence-corrected chi connectivity index (χ0v) is 14.1. The minimum Gasteiger partial charge on any atom is -0.401 e. The van der Waals surface area contributed by atoms with E-state index in [0.717, 1.165) is 11.1 Å². The lowest BCUT2D eigenvalue weighted by Gasteiger charge is -2.07. The monoisotopic (exact) mass is 325 g/mol. The van der Waals surface area contributed by atoms with E-state index in [1.54, 1.807) is 16.9 Å². The number of hydrogen-bond donors (Lipinski definition) is 1. The number of benzene rings is 1. The Morgan fingerprint density at radius 3 is 2.54 bits per heavy atom. The molecule has 7 nitrogen and oxygen atoms in total. The van der Waals surface area contributed by atoms with E-state index in [9.17, 15) is 4.79 Å². The number of rotatable bonds is 4. The fourth-order valence-electron chi connectivity index (χ4n) is 2.55. The van der Waals surface area contributed by atoms with Gasteiger partial charge in [0, 0.05) is 17.8 Å². The van der Waals surface area contributed by atoms with Gasteiger partial charge in [0.15, 0.2) is 0 Å². The van der Waals surface area contributed by atoms with Crippen LogP contribution in [0.2, 0.25) is 0 Å². The highest BCUT2D eigenvalue weighted by molar-refractivity contribution is 6.03. The number of nitrogens with zero attached hydrogens (tertiary/aromatic N) is 4. The van der Waals surface area contributed by atoms with Crippen molar-refractivity contribution in [2.24, 2.45) is 0 Å². The van der Waals surface area contributed by atoms with Gasteiger partial charge in [-0.25, -0.2) is 0 Å². The summed E-state index contributed by atoms with van der Waals surface area (Å²) in [6.45, 7) is 7.91. The molecule has 0 spiro atoms. The molecule has 0 radical (unpaired) electrons. The molecular weight excluding hydrogens is 306 g/mol. The lowest BCUT2D eigenvalue weighted by atomic mass is 10.1. The van der Waals surface area contributed by atoms with Gasteiger partial charge >= 0.3 is 6.01 Å². The first kappa shape index (κ1) is 15.9. The average molecular weight is 325 g/mol. The Labute approximate surface area is 139 Å². The van der Waals surface area contributed by atoms with Crippen molar-refractivity contribution in [3.05, 3.63) is 47.2 Å². The Morgan fingerprint density at radius 1 is 1.17 bits per heavy atom. The number of aromatic nitrogens is 4. The van der Waals surface area contributed by atoms with Crippen LogP contribution in [-0.2, 0) is 0 Å². The molecule has 0 saturated heterocycles. The van der Waals surface area contributed by atoms with E-state index >= 15 is 0 Å². The lowest BCUT2D eigenvalue weighted by molar-refractivity contribution is 0.102. The summed E-state index contributed by atoms with van der Waals surface area (Å²) in [5.41, 5.74) is 3.31. The Balaban J connectivity index is 1.81. The molecule has 0 saturated carbocycles. The van der Waals surface area contributed by atoms with E-state index in [4.69, 9.17) is 4.42 Å². The highest BCUT2D eigenvalue weighted by Crippen LogP contribution is 2.22. The van der Waals surface area contributed by atoms with Crippen LogP contribution in [0.4, 0.5) is 6.01 Å². The first-order valence-electron chi connectivity index (χ1n) is 7.71. The van der Waals surface area contributed by atoms with Crippen molar-refractivity contribution >= 4 is 11.9 Å². The first-order valence-corrected chi connectivity index (χ1v) is 7.71. The van der Waals surface area contributed by atoms with Crippen molar-refractivity contribution in [1.29, 1.82) is 0 Å². The largest absolute Gasteiger partial charge is 0.401 e. The number of aryl methyl sites for hydroxylation is 2. The average Bonchev–Trinajstić information content (AvgIpc) is 3.14. The molecule has 0 atom stereocenters. The summed E-state index contributed by atoms with van der Waals surface area (Å²) in [6, 6.07) is 7.65. The summed E-state index contributed by atoms with van der Waals surface area (Å²) < 4.78 is 7.34. The van der Waals surface area contributed by atoms with Crippen LogP contribution >= 0.6 is 0 Å². The van der Waals surface area contributed by atoms with Crippen molar-refractivity contribution in [1.82, 2.24) is 20.0 Å². The molecule has 2 aromatic heterocycles. The van der Waals surface area contributed by atoms with Crippen molar-refractivity contribution in [2.45, 2.75) is 33.7 Å². The lowest BCUT2D eigenvalue weighted by Crippen LogP contribution is -2.12. The molecular formula is C17H19N5O2. The van der Waals surface area contributed by atoms with Gasteiger partial charge in [0.2, 0.25) is 0 Å². The van der Waals surface area contributed by atoms with Crippen LogP contribution in [0, 0.1) is 13.8 Å². The maximum Gasteiger partial charge on any atom is 0.322 e. The third-order valence-electron chi connectivity index (χ3n) is 3.51. The molecule has 0 aliphatic heterocycles. The number of hydrogen-bond acceptors (Lipinski definition) is 5. The highest BCUT2D eigenvalue weighted by Gasteiger charge is 2.17. The number of amides is 1. The first-order chi connectivity index (χ1) is 11.4. The van der Waals surface area contributed by atoms with Gasteiger partial charge in [-0.2, -0.15) is 5.10 Å². The summed E-state index contributed by atoms with van der Waals surface area (Å²) in [4.78, 5) is 12.3. The Kier molecular flexibility index (Phi) is 4.16. The molecule has 1 amide bonds. The van der Waals surface area contributed by atoms with Gasteiger partial charge in [-0.1, -0.05) is 22.3 Å². The van der Waals surface area contributed by atoms with Gasteiger partial charge in [0.1, 0.15) is 5.69 Å². The molecule has 1 N–H and O–H groups in total. The van der Waals surface area contributed by atoms with E-state index in [1.165, 1.54) is 0 Å². The van der Waals surface area contributed by atoms with Crippen molar-refractivity contribution in [2.75, 3.05) is 5.32 Å². The quantitative estimate of drug-likeness (QED) is 0.794. The Hall–Kier alpha value is -2.96. The van der Waals surface area contributed by atoms with Gasteiger partial charge in [0.25, 0.3) is 11.8 Å². The number of carbonyl (C=O) groups excluding carboxylic acids is 1. The van der Waals surface area contributed by atoms with E-state index in [2.05, 4.69) is 20.6 Å². The summed E-state index contributed by atoms with van der Waals surface area (Å²) >= 11 is 0. The maximum atomic E-state index is 12.3. The molecule has 2 heterocycles. The topological polar surface area (TPSA) is 85.8 Å².